The summed E-state index contributed by atoms with van der Waals surface area (Å²) in [6.45, 7) is 4.66. The molecule has 1 aliphatic heterocycles. The summed E-state index contributed by atoms with van der Waals surface area (Å²) in [5.74, 6) is -2.32. The van der Waals surface area contributed by atoms with Crippen LogP contribution in [-0.2, 0) is 9.53 Å². The molecule has 0 aromatic carbocycles. The molecule has 148 valence electrons. The maximum Gasteiger partial charge on any atom is 0.412 e. The average molecular weight is 423 g/mol. The van der Waals surface area contributed by atoms with Crippen molar-refractivity contribution in [1.82, 2.24) is 0 Å². The maximum atomic E-state index is 11.9. The van der Waals surface area contributed by atoms with Crippen molar-refractivity contribution in [1.29, 1.82) is 0 Å². The van der Waals surface area contributed by atoms with Gasteiger partial charge in [-0.1, -0.05) is 0 Å². The second-order valence-corrected chi connectivity index (χ2v) is 8.81. The van der Waals surface area contributed by atoms with Gasteiger partial charge in [0.05, 0.1) is 11.1 Å². The van der Waals surface area contributed by atoms with Crippen LogP contribution in [0.5, 0.6) is 5.75 Å². The van der Waals surface area contributed by atoms with Gasteiger partial charge in [0.15, 0.2) is 17.2 Å². The van der Waals surface area contributed by atoms with Crippen LogP contribution in [0.4, 0.5) is 10.5 Å². The Balaban J connectivity index is 1.99. The molecule has 0 fully saturated rings. The summed E-state index contributed by atoms with van der Waals surface area (Å²) in [4.78, 5) is 35.0. The minimum Gasteiger partial charge on any atom is -0.479 e. The number of aromatic carboxylic acids is 1. The highest BCUT2D eigenvalue weighted by Crippen LogP contribution is 2.49. The molecule has 3 N–H and O–H groups in total. The maximum absolute atomic E-state index is 11.9. The predicted octanol–water partition coefficient (Wildman–Crippen LogP) is 4.58. The van der Waals surface area contributed by atoms with Gasteiger partial charge < -0.3 is 19.7 Å². The number of carbonyl (C=O) groups excluding carboxylic acids is 1. The quantitative estimate of drug-likeness (QED) is 0.549. The van der Waals surface area contributed by atoms with Crippen molar-refractivity contribution in [3.8, 4) is 16.2 Å². The van der Waals surface area contributed by atoms with Gasteiger partial charge in [-0.15, -0.1) is 22.7 Å². The number of nitrogens with one attached hydrogen (secondary N) is 1. The van der Waals surface area contributed by atoms with Crippen LogP contribution in [0.3, 0.4) is 0 Å². The number of thiophene rings is 1. The Morgan fingerprint density at radius 3 is 2.50 bits per heavy atom. The fourth-order valence-electron chi connectivity index (χ4n) is 2.56. The number of hydrogen-bond donors (Lipinski definition) is 3. The fraction of sp³-hybridized carbons (Fsp3) is 0.278. The summed E-state index contributed by atoms with van der Waals surface area (Å²) in [5, 5.41) is 23.2. The number of carboxylic acid groups (broad SMARTS) is 2. The minimum absolute atomic E-state index is 0.0451. The second kappa shape index (κ2) is 7.28. The average Bonchev–Trinajstić information content (AvgIpc) is 3.06. The van der Waals surface area contributed by atoms with Gasteiger partial charge in [0.2, 0.25) is 0 Å². The van der Waals surface area contributed by atoms with Crippen LogP contribution in [0, 0.1) is 0 Å². The minimum atomic E-state index is -1.20. The SMILES string of the molecule is CC(C)(C)OC(=O)Nc1csc2c3c(OCC(=O)O)c(C(=O)O)sc3cc-2c1. The first-order valence-corrected chi connectivity index (χ1v) is 9.80. The molecule has 3 rings (SSSR count). The first kappa shape index (κ1) is 19.9. The van der Waals surface area contributed by atoms with E-state index >= 15 is 0 Å². The van der Waals surface area contributed by atoms with Crippen molar-refractivity contribution in [3.63, 3.8) is 0 Å². The Bertz CT molecular complexity index is 1040. The summed E-state index contributed by atoms with van der Waals surface area (Å²) in [7, 11) is 0. The van der Waals surface area contributed by atoms with Crippen LogP contribution in [0.25, 0.3) is 20.5 Å². The van der Waals surface area contributed by atoms with Crippen molar-refractivity contribution in [2.45, 2.75) is 26.4 Å². The topological polar surface area (TPSA) is 122 Å². The van der Waals surface area contributed by atoms with E-state index < -0.39 is 30.2 Å². The predicted molar refractivity (Wildman–Crippen MR) is 106 cm³/mol. The van der Waals surface area contributed by atoms with E-state index in [-0.39, 0.29) is 10.6 Å². The molecule has 0 unspecified atom stereocenters. The van der Waals surface area contributed by atoms with E-state index in [1.807, 2.05) is 0 Å². The number of aliphatic carboxylic acids is 1. The van der Waals surface area contributed by atoms with Crippen LogP contribution in [0.2, 0.25) is 0 Å². The zero-order valence-corrected chi connectivity index (χ0v) is 16.8. The van der Waals surface area contributed by atoms with Crippen LogP contribution < -0.4 is 10.1 Å². The summed E-state index contributed by atoms with van der Waals surface area (Å²) >= 11 is 2.30. The van der Waals surface area contributed by atoms with Gasteiger partial charge >= 0.3 is 18.0 Å². The summed E-state index contributed by atoms with van der Waals surface area (Å²) in [6, 6.07) is 3.52. The zero-order valence-electron chi connectivity index (χ0n) is 15.2. The van der Waals surface area contributed by atoms with Gasteiger partial charge in [-0.05, 0) is 38.5 Å². The molecule has 0 atom stereocenters. The molecule has 2 aliphatic rings. The Morgan fingerprint density at radius 1 is 1.18 bits per heavy atom. The number of rotatable bonds is 5. The van der Waals surface area contributed by atoms with Crippen molar-refractivity contribution >= 4 is 56.5 Å². The Hall–Kier alpha value is -2.85. The van der Waals surface area contributed by atoms with Crippen LogP contribution in [-0.4, -0.2) is 40.5 Å². The zero-order chi connectivity index (χ0) is 20.6. The van der Waals surface area contributed by atoms with Gasteiger partial charge in [-0.3, -0.25) is 5.32 Å². The molecule has 8 nitrogen and oxygen atoms in total. The smallest absolute Gasteiger partial charge is 0.412 e. The number of carbonyl (C=O) groups is 3. The molecule has 0 bridgehead atoms. The molecular formula is C18H17NO7S2. The lowest BCUT2D eigenvalue weighted by atomic mass is 10.2. The molecule has 1 aromatic heterocycles. The second-order valence-electron chi connectivity index (χ2n) is 6.88. The third kappa shape index (κ3) is 4.18. The van der Waals surface area contributed by atoms with Gasteiger partial charge in [0.1, 0.15) is 5.60 Å². The molecule has 28 heavy (non-hydrogen) atoms. The van der Waals surface area contributed by atoms with E-state index in [0.29, 0.717) is 15.8 Å². The molecule has 1 aromatic rings. The lowest BCUT2D eigenvalue weighted by molar-refractivity contribution is -0.139. The van der Waals surface area contributed by atoms with Gasteiger partial charge in [-0.25, -0.2) is 14.4 Å². The lowest BCUT2D eigenvalue weighted by Crippen LogP contribution is -2.27. The van der Waals surface area contributed by atoms with E-state index in [9.17, 15) is 19.5 Å². The Kier molecular flexibility index (Phi) is 5.18. The van der Waals surface area contributed by atoms with E-state index in [4.69, 9.17) is 14.6 Å². The van der Waals surface area contributed by atoms with E-state index in [1.165, 1.54) is 11.3 Å². The van der Waals surface area contributed by atoms with Crippen LogP contribution >= 0.6 is 22.7 Å². The Labute approximate surface area is 167 Å². The third-order valence-electron chi connectivity index (χ3n) is 3.46. The number of ether oxygens (including phenoxy) is 2. The van der Waals surface area contributed by atoms with Crippen molar-refractivity contribution < 1.29 is 34.1 Å². The highest BCUT2D eigenvalue weighted by Gasteiger charge is 2.26. The van der Waals surface area contributed by atoms with Gasteiger partial charge in [-0.2, -0.15) is 0 Å². The number of amides is 1. The molecule has 0 saturated heterocycles. The van der Waals surface area contributed by atoms with Crippen LogP contribution in [0.1, 0.15) is 30.4 Å². The lowest BCUT2D eigenvalue weighted by Gasteiger charge is -2.19. The van der Waals surface area contributed by atoms with E-state index in [1.54, 1.807) is 38.3 Å². The van der Waals surface area contributed by atoms with Gasteiger partial charge in [0, 0.05) is 15.0 Å². The standard InChI is InChI=1S/C18H17NO7S2/c1-18(2,3)26-17(24)19-9-4-8-5-10-12(14(8)27-7-9)13(25-6-11(20)21)15(28-10)16(22)23/h4-5,7H,6H2,1-3H3,(H,19,24)(H,20,21)(H,22,23). The van der Waals surface area contributed by atoms with Gasteiger partial charge in [0.25, 0.3) is 0 Å². The molecule has 10 heteroatoms. The molecule has 1 aliphatic carbocycles. The molecular weight excluding hydrogens is 406 g/mol. The molecule has 2 heterocycles. The summed E-state index contributed by atoms with van der Waals surface area (Å²) in [6.07, 6.45) is -0.578. The van der Waals surface area contributed by atoms with Crippen molar-refractivity contribution in [3.05, 3.63) is 22.4 Å². The molecule has 0 radical (unpaired) electrons. The van der Waals surface area contributed by atoms with Crippen LogP contribution in [0.15, 0.2) is 17.5 Å². The normalized spacial score (nSPS) is 11.5. The number of carboxylic acids is 2. The van der Waals surface area contributed by atoms with E-state index in [0.717, 1.165) is 21.8 Å². The number of fused-ring (bicyclic) bond motifs is 3. The molecule has 1 amide bonds. The highest BCUT2D eigenvalue weighted by molar-refractivity contribution is 7.22. The molecule has 0 saturated carbocycles. The first-order valence-electron chi connectivity index (χ1n) is 8.11. The summed E-state index contributed by atoms with van der Waals surface area (Å²) in [5.41, 5.74) is 0.692. The number of hydrogen-bond acceptors (Lipinski definition) is 7. The largest absolute Gasteiger partial charge is 0.479 e. The monoisotopic (exact) mass is 423 g/mol. The highest BCUT2D eigenvalue weighted by atomic mass is 32.1. The third-order valence-corrected chi connectivity index (χ3v) is 5.62. The van der Waals surface area contributed by atoms with E-state index in [2.05, 4.69) is 5.32 Å². The Morgan fingerprint density at radius 2 is 1.89 bits per heavy atom. The summed E-state index contributed by atoms with van der Waals surface area (Å²) < 4.78 is 11.2. The fourth-order valence-corrected chi connectivity index (χ4v) is 4.61. The van der Waals surface area contributed by atoms with Crippen molar-refractivity contribution in [2.75, 3.05) is 11.9 Å². The first-order chi connectivity index (χ1) is 13.0. The number of anilines is 1. The van der Waals surface area contributed by atoms with Crippen molar-refractivity contribution in [2.24, 2.45) is 0 Å². The molecule has 0 spiro atoms.